The summed E-state index contributed by atoms with van der Waals surface area (Å²) in [6, 6.07) is 3.84. The minimum Gasteiger partial charge on any atom is -0.314 e. The van der Waals surface area contributed by atoms with Gasteiger partial charge >= 0.3 is 0 Å². The molecule has 6 heteroatoms. The zero-order chi connectivity index (χ0) is 15.0. The smallest absolute Gasteiger partial charge is 0.135 e. The molecule has 0 aliphatic carbocycles. The fourth-order valence-electron chi connectivity index (χ4n) is 3.01. The normalized spacial score (nSPS) is 17.2. The van der Waals surface area contributed by atoms with Gasteiger partial charge in [-0.05, 0) is 30.4 Å². The molecule has 22 heavy (non-hydrogen) atoms. The van der Waals surface area contributed by atoms with Crippen LogP contribution in [0.25, 0.3) is 0 Å². The van der Waals surface area contributed by atoms with Gasteiger partial charge in [-0.25, -0.2) is 8.78 Å². The number of aromatic nitrogens is 3. The molecule has 2 heterocycles. The van der Waals surface area contributed by atoms with E-state index < -0.39 is 11.6 Å². The standard InChI is InChI=1S/C16H19F2N3.ClH/c1-10(2)16-20-19-15-6-3-11(9-21(15)16)7-12-4-5-13(17)8-14(12)18;/h4-5,8,10-11H,3,6-7,9H2,1-2H3;1H. The van der Waals surface area contributed by atoms with Gasteiger partial charge in [-0.1, -0.05) is 19.9 Å². The Labute approximate surface area is 135 Å². The highest BCUT2D eigenvalue weighted by atomic mass is 35.5. The summed E-state index contributed by atoms with van der Waals surface area (Å²) < 4.78 is 28.9. The number of hydrogen-bond acceptors (Lipinski definition) is 2. The molecule has 0 amide bonds. The molecule has 1 aromatic carbocycles. The van der Waals surface area contributed by atoms with Gasteiger partial charge < -0.3 is 4.57 Å². The van der Waals surface area contributed by atoms with Gasteiger partial charge in [-0.15, -0.1) is 22.6 Å². The molecule has 120 valence electrons. The van der Waals surface area contributed by atoms with Crippen LogP contribution in [0.15, 0.2) is 18.2 Å². The Morgan fingerprint density at radius 1 is 1.27 bits per heavy atom. The Kier molecular flexibility index (Phi) is 5.16. The highest BCUT2D eigenvalue weighted by molar-refractivity contribution is 5.85. The largest absolute Gasteiger partial charge is 0.314 e. The summed E-state index contributed by atoms with van der Waals surface area (Å²) in [5, 5.41) is 8.50. The molecule has 0 N–H and O–H groups in total. The maximum Gasteiger partial charge on any atom is 0.135 e. The fraction of sp³-hybridized carbons (Fsp3) is 0.500. The van der Waals surface area contributed by atoms with Crippen molar-refractivity contribution in [2.75, 3.05) is 0 Å². The Hall–Kier alpha value is -1.49. The molecule has 1 aliphatic rings. The first-order chi connectivity index (χ1) is 10.0. The van der Waals surface area contributed by atoms with Gasteiger partial charge in [0.1, 0.15) is 23.3 Å². The molecule has 0 radical (unpaired) electrons. The minimum absolute atomic E-state index is 0. The number of hydrogen-bond donors (Lipinski definition) is 0. The highest BCUT2D eigenvalue weighted by Gasteiger charge is 2.24. The summed E-state index contributed by atoms with van der Waals surface area (Å²) in [6.45, 7) is 5.01. The van der Waals surface area contributed by atoms with Crippen molar-refractivity contribution < 1.29 is 8.78 Å². The average molecular weight is 328 g/mol. The van der Waals surface area contributed by atoms with Crippen molar-refractivity contribution in [2.24, 2.45) is 5.92 Å². The summed E-state index contributed by atoms with van der Waals surface area (Å²) in [4.78, 5) is 0. The number of fused-ring (bicyclic) bond motifs is 1. The van der Waals surface area contributed by atoms with E-state index >= 15 is 0 Å². The van der Waals surface area contributed by atoms with Crippen molar-refractivity contribution in [1.29, 1.82) is 0 Å². The van der Waals surface area contributed by atoms with E-state index in [0.29, 0.717) is 23.8 Å². The summed E-state index contributed by atoms with van der Waals surface area (Å²) in [6.07, 6.45) is 2.46. The first-order valence-corrected chi connectivity index (χ1v) is 7.40. The molecule has 3 rings (SSSR count). The molecule has 1 aliphatic heterocycles. The second-order valence-electron chi connectivity index (χ2n) is 6.08. The number of benzene rings is 1. The van der Waals surface area contributed by atoms with E-state index in [1.807, 2.05) is 0 Å². The lowest BCUT2D eigenvalue weighted by molar-refractivity contribution is 0.350. The molecular weight excluding hydrogens is 308 g/mol. The molecule has 2 aromatic rings. The van der Waals surface area contributed by atoms with Gasteiger partial charge in [0.15, 0.2) is 0 Å². The quantitative estimate of drug-likeness (QED) is 0.855. The number of aryl methyl sites for hydroxylation is 1. The molecule has 0 bridgehead atoms. The predicted octanol–water partition coefficient (Wildman–Crippen LogP) is 3.91. The van der Waals surface area contributed by atoms with Crippen LogP contribution in [0.2, 0.25) is 0 Å². The van der Waals surface area contributed by atoms with Gasteiger partial charge in [0.2, 0.25) is 0 Å². The Morgan fingerprint density at radius 3 is 2.73 bits per heavy atom. The monoisotopic (exact) mass is 327 g/mol. The van der Waals surface area contributed by atoms with Gasteiger partial charge in [0.25, 0.3) is 0 Å². The van der Waals surface area contributed by atoms with Crippen LogP contribution < -0.4 is 0 Å². The van der Waals surface area contributed by atoms with Crippen LogP contribution in [-0.4, -0.2) is 14.8 Å². The van der Waals surface area contributed by atoms with E-state index in [4.69, 9.17) is 0 Å². The zero-order valence-corrected chi connectivity index (χ0v) is 13.5. The molecule has 3 nitrogen and oxygen atoms in total. The molecular formula is C16H20ClF2N3. The third-order valence-corrected chi connectivity index (χ3v) is 4.11. The van der Waals surface area contributed by atoms with E-state index in [1.165, 1.54) is 6.07 Å². The highest BCUT2D eigenvalue weighted by Crippen LogP contribution is 2.26. The van der Waals surface area contributed by atoms with Crippen LogP contribution in [0.1, 0.15) is 43.4 Å². The Balaban J connectivity index is 0.00000176. The topological polar surface area (TPSA) is 30.7 Å². The lowest BCUT2D eigenvalue weighted by Gasteiger charge is -2.25. The number of nitrogens with zero attached hydrogens (tertiary/aromatic N) is 3. The van der Waals surface area contributed by atoms with E-state index in [9.17, 15) is 8.78 Å². The predicted molar refractivity (Wildman–Crippen MR) is 83.2 cm³/mol. The molecule has 0 saturated heterocycles. The first-order valence-electron chi connectivity index (χ1n) is 7.40. The van der Waals surface area contributed by atoms with Crippen LogP contribution in [0.4, 0.5) is 8.78 Å². The lowest BCUT2D eigenvalue weighted by Crippen LogP contribution is -2.24. The molecule has 0 fully saturated rings. The molecule has 1 unspecified atom stereocenters. The van der Waals surface area contributed by atoms with E-state index in [2.05, 4.69) is 28.6 Å². The Bertz CT molecular complexity index is 655. The van der Waals surface area contributed by atoms with Crippen molar-refractivity contribution in [3.63, 3.8) is 0 Å². The third kappa shape index (κ3) is 3.29. The fourth-order valence-corrected chi connectivity index (χ4v) is 3.01. The Morgan fingerprint density at radius 2 is 2.05 bits per heavy atom. The van der Waals surface area contributed by atoms with Gasteiger partial charge in [0, 0.05) is 24.9 Å². The van der Waals surface area contributed by atoms with Crippen LogP contribution in [-0.2, 0) is 19.4 Å². The van der Waals surface area contributed by atoms with E-state index in [-0.39, 0.29) is 12.4 Å². The van der Waals surface area contributed by atoms with E-state index in [0.717, 1.165) is 37.1 Å². The van der Waals surface area contributed by atoms with E-state index in [1.54, 1.807) is 6.07 Å². The van der Waals surface area contributed by atoms with Gasteiger partial charge in [-0.2, -0.15) is 0 Å². The summed E-state index contributed by atoms with van der Waals surface area (Å²) >= 11 is 0. The van der Waals surface area contributed by atoms with Crippen molar-refractivity contribution in [2.45, 2.75) is 45.6 Å². The van der Waals surface area contributed by atoms with Gasteiger partial charge in [-0.3, -0.25) is 0 Å². The van der Waals surface area contributed by atoms with Gasteiger partial charge in [0.05, 0.1) is 0 Å². The number of rotatable bonds is 3. The third-order valence-electron chi connectivity index (χ3n) is 4.11. The zero-order valence-electron chi connectivity index (χ0n) is 12.7. The molecule has 0 saturated carbocycles. The maximum atomic E-state index is 13.8. The second kappa shape index (κ2) is 6.73. The summed E-state index contributed by atoms with van der Waals surface area (Å²) in [7, 11) is 0. The van der Waals surface area contributed by atoms with Crippen molar-refractivity contribution in [3.05, 3.63) is 47.0 Å². The maximum absolute atomic E-state index is 13.8. The van der Waals surface area contributed by atoms with Crippen molar-refractivity contribution in [1.82, 2.24) is 14.8 Å². The minimum atomic E-state index is -0.525. The number of halogens is 3. The summed E-state index contributed by atoms with van der Waals surface area (Å²) in [5.41, 5.74) is 0.587. The molecule has 0 spiro atoms. The SMILES string of the molecule is CC(C)c1nnc2n1CC(Cc1ccc(F)cc1F)CC2.Cl. The van der Waals surface area contributed by atoms with Crippen LogP contribution in [0, 0.1) is 17.6 Å². The first kappa shape index (κ1) is 16.9. The van der Waals surface area contributed by atoms with Crippen LogP contribution >= 0.6 is 12.4 Å². The average Bonchev–Trinajstić information content (AvgIpc) is 2.85. The van der Waals surface area contributed by atoms with Crippen LogP contribution in [0.5, 0.6) is 0 Å². The second-order valence-corrected chi connectivity index (χ2v) is 6.08. The lowest BCUT2D eigenvalue weighted by atomic mass is 9.91. The van der Waals surface area contributed by atoms with Crippen molar-refractivity contribution in [3.8, 4) is 0 Å². The molecule has 1 atom stereocenters. The van der Waals surface area contributed by atoms with Crippen molar-refractivity contribution >= 4 is 12.4 Å². The molecule has 1 aromatic heterocycles. The van der Waals surface area contributed by atoms with Crippen LogP contribution in [0.3, 0.4) is 0 Å². The summed E-state index contributed by atoms with van der Waals surface area (Å²) in [5.74, 6) is 1.71.